The summed E-state index contributed by atoms with van der Waals surface area (Å²) in [7, 11) is 0. The van der Waals surface area contributed by atoms with E-state index in [2.05, 4.69) is 60.4 Å². The zero-order chi connectivity index (χ0) is 15.7. The third-order valence-electron chi connectivity index (χ3n) is 4.35. The van der Waals surface area contributed by atoms with E-state index in [-0.39, 0.29) is 11.1 Å². The van der Waals surface area contributed by atoms with E-state index in [9.17, 15) is 4.79 Å². The van der Waals surface area contributed by atoms with E-state index in [1.807, 2.05) is 0 Å². The van der Waals surface area contributed by atoms with E-state index in [1.54, 1.807) is 0 Å². The molecule has 0 saturated carbocycles. The summed E-state index contributed by atoms with van der Waals surface area (Å²) in [6, 6.07) is 4.15. The van der Waals surface area contributed by atoms with Crippen molar-refractivity contribution in [1.82, 2.24) is 15.3 Å². The third-order valence-corrected chi connectivity index (χ3v) is 4.35. The van der Waals surface area contributed by atoms with Gasteiger partial charge in [-0.05, 0) is 51.0 Å². The molecular weight excluding hydrogens is 280 g/mol. The lowest BCUT2D eigenvalue weighted by atomic mass is 9.89. The van der Waals surface area contributed by atoms with Crippen molar-refractivity contribution in [3.8, 4) is 11.5 Å². The van der Waals surface area contributed by atoms with Crippen LogP contribution >= 0.6 is 0 Å². The van der Waals surface area contributed by atoms with Gasteiger partial charge in [0.25, 0.3) is 0 Å². The smallest absolute Gasteiger partial charge is 0.346 e. The highest BCUT2D eigenvalue weighted by atomic mass is 16.5. The maximum Gasteiger partial charge on any atom is 0.346 e. The number of H-pyrrole nitrogens is 1. The van der Waals surface area contributed by atoms with E-state index in [0.717, 1.165) is 11.4 Å². The summed E-state index contributed by atoms with van der Waals surface area (Å²) < 4.78 is 5.90. The number of nitrogens with zero attached hydrogens (tertiary/aromatic N) is 1. The van der Waals surface area contributed by atoms with Crippen LogP contribution in [0.3, 0.4) is 0 Å². The Morgan fingerprint density at radius 1 is 1.05 bits per heavy atom. The number of benzene rings is 1. The van der Waals surface area contributed by atoms with Gasteiger partial charge in [-0.1, -0.05) is 0 Å². The number of hydrogen-bond acceptors (Lipinski definition) is 5. The summed E-state index contributed by atoms with van der Waals surface area (Å²) in [5.74, 6) is 1.80. The molecule has 6 nitrogen and oxygen atoms in total. The predicted octanol–water partition coefficient (Wildman–Crippen LogP) is 2.69. The first-order valence-corrected chi connectivity index (χ1v) is 7.29. The van der Waals surface area contributed by atoms with Crippen LogP contribution < -0.4 is 21.1 Å². The van der Waals surface area contributed by atoms with Crippen LogP contribution in [0.1, 0.15) is 38.8 Å². The van der Waals surface area contributed by atoms with Crippen LogP contribution in [0.5, 0.6) is 11.5 Å². The summed E-state index contributed by atoms with van der Waals surface area (Å²) in [5, 5.41) is 6.86. The molecule has 0 atom stereocenters. The number of fused-ring (bicyclic) bond motifs is 3. The molecule has 114 valence electrons. The minimum atomic E-state index is -0.400. The molecule has 0 bridgehead atoms. The second-order valence-corrected chi connectivity index (χ2v) is 6.92. The molecule has 1 aromatic carbocycles. The lowest BCUT2D eigenvalue weighted by Gasteiger charge is -2.25. The summed E-state index contributed by atoms with van der Waals surface area (Å²) in [6.07, 6.45) is 1.44. The first-order valence-electron chi connectivity index (χ1n) is 7.29. The Kier molecular flexibility index (Phi) is 2.36. The first-order chi connectivity index (χ1) is 10.3. The summed E-state index contributed by atoms with van der Waals surface area (Å²) >= 11 is 0. The van der Waals surface area contributed by atoms with Gasteiger partial charge in [0.2, 0.25) is 0 Å². The van der Waals surface area contributed by atoms with Gasteiger partial charge in [0.15, 0.2) is 17.3 Å². The Balaban J connectivity index is 1.88. The fourth-order valence-electron chi connectivity index (χ4n) is 3.52. The van der Waals surface area contributed by atoms with Crippen molar-refractivity contribution in [2.45, 2.75) is 38.8 Å². The molecule has 0 aliphatic carbocycles. The Bertz CT molecular complexity index is 852. The lowest BCUT2D eigenvalue weighted by molar-refractivity contribution is 0.319. The second-order valence-electron chi connectivity index (χ2n) is 6.92. The van der Waals surface area contributed by atoms with Crippen molar-refractivity contribution < 1.29 is 4.74 Å². The maximum absolute atomic E-state index is 11.4. The number of nitrogens with one attached hydrogen (secondary N) is 3. The van der Waals surface area contributed by atoms with Gasteiger partial charge in [-0.2, -0.15) is 4.98 Å². The molecule has 3 N–H and O–H groups in total. The average Bonchev–Trinajstić information content (AvgIpc) is 2.59. The highest BCUT2D eigenvalue weighted by molar-refractivity contribution is 5.74. The summed E-state index contributed by atoms with van der Waals surface area (Å²) in [4.78, 5) is 17.7. The van der Waals surface area contributed by atoms with Crippen molar-refractivity contribution in [3.05, 3.63) is 39.9 Å². The highest BCUT2D eigenvalue weighted by Crippen LogP contribution is 2.48. The van der Waals surface area contributed by atoms with Crippen LogP contribution in [-0.2, 0) is 11.1 Å². The number of aromatic nitrogens is 2. The topological polar surface area (TPSA) is 79.0 Å². The molecule has 0 amide bonds. The minimum absolute atomic E-state index is 0.124. The standard InChI is InChI=1S/C16H18N4O2/c1-15(2)8-5-10-11(6-9(8)16(3,4)20-15)22-12-7-17-14(21)19-13(12)18-10/h5-7,20H,1-4H3,(H2,17,18,19,21). The molecule has 0 radical (unpaired) electrons. The lowest BCUT2D eigenvalue weighted by Crippen LogP contribution is -2.39. The van der Waals surface area contributed by atoms with Crippen LogP contribution in [0.2, 0.25) is 0 Å². The quantitative estimate of drug-likeness (QED) is 0.594. The van der Waals surface area contributed by atoms with Gasteiger partial charge in [-0.3, -0.25) is 10.3 Å². The normalized spacial score (nSPS) is 19.5. The molecule has 4 rings (SSSR count). The Morgan fingerprint density at radius 2 is 1.73 bits per heavy atom. The molecule has 1 aromatic heterocycles. The van der Waals surface area contributed by atoms with Crippen LogP contribution in [0, 0.1) is 0 Å². The molecule has 3 heterocycles. The van der Waals surface area contributed by atoms with Crippen LogP contribution in [0.15, 0.2) is 23.1 Å². The average molecular weight is 298 g/mol. The minimum Gasteiger partial charge on any atom is -0.450 e. The van der Waals surface area contributed by atoms with E-state index >= 15 is 0 Å². The zero-order valence-corrected chi connectivity index (χ0v) is 13.0. The van der Waals surface area contributed by atoms with Crippen molar-refractivity contribution >= 4 is 11.5 Å². The van der Waals surface area contributed by atoms with Gasteiger partial charge >= 0.3 is 5.69 Å². The Hall–Kier alpha value is -2.34. The molecule has 2 aliphatic heterocycles. The molecule has 2 aliphatic rings. The fraction of sp³-hybridized carbons (Fsp3) is 0.375. The third kappa shape index (κ3) is 1.77. The van der Waals surface area contributed by atoms with Crippen LogP contribution in [-0.4, -0.2) is 9.97 Å². The van der Waals surface area contributed by atoms with Gasteiger partial charge in [0, 0.05) is 11.1 Å². The zero-order valence-electron chi connectivity index (χ0n) is 13.0. The molecule has 2 aromatic rings. The van der Waals surface area contributed by atoms with Crippen molar-refractivity contribution in [2.75, 3.05) is 5.32 Å². The van der Waals surface area contributed by atoms with Gasteiger partial charge < -0.3 is 10.1 Å². The number of anilines is 2. The van der Waals surface area contributed by atoms with Gasteiger partial charge in [0.1, 0.15) is 0 Å². The Morgan fingerprint density at radius 3 is 2.45 bits per heavy atom. The van der Waals surface area contributed by atoms with E-state index in [0.29, 0.717) is 11.6 Å². The number of hydrogen-bond donors (Lipinski definition) is 3. The number of aromatic amines is 1. The maximum atomic E-state index is 11.4. The van der Waals surface area contributed by atoms with Crippen LogP contribution in [0.4, 0.5) is 11.5 Å². The SMILES string of the molecule is CC1(C)NC(C)(C)c2cc3c(cc21)Nc1[nH]c(=O)ncc1O3. The van der Waals surface area contributed by atoms with E-state index in [1.165, 1.54) is 17.3 Å². The molecule has 0 saturated heterocycles. The monoisotopic (exact) mass is 298 g/mol. The number of rotatable bonds is 0. The predicted molar refractivity (Wildman–Crippen MR) is 83.8 cm³/mol. The van der Waals surface area contributed by atoms with Gasteiger partial charge in [0.05, 0.1) is 11.9 Å². The molecular formula is C16H18N4O2. The molecule has 6 heteroatoms. The fourth-order valence-corrected chi connectivity index (χ4v) is 3.52. The number of ether oxygens (including phenoxy) is 1. The largest absolute Gasteiger partial charge is 0.450 e. The van der Waals surface area contributed by atoms with Crippen molar-refractivity contribution in [1.29, 1.82) is 0 Å². The van der Waals surface area contributed by atoms with Crippen molar-refractivity contribution in [2.24, 2.45) is 0 Å². The van der Waals surface area contributed by atoms with E-state index in [4.69, 9.17) is 4.74 Å². The molecule has 0 fully saturated rings. The summed E-state index contributed by atoms with van der Waals surface area (Å²) in [5.41, 5.74) is 2.65. The summed E-state index contributed by atoms with van der Waals surface area (Å²) in [6.45, 7) is 8.65. The molecule has 0 spiro atoms. The van der Waals surface area contributed by atoms with Crippen molar-refractivity contribution in [3.63, 3.8) is 0 Å². The van der Waals surface area contributed by atoms with Gasteiger partial charge in [-0.25, -0.2) is 4.79 Å². The van der Waals surface area contributed by atoms with Gasteiger partial charge in [-0.15, -0.1) is 0 Å². The molecule has 22 heavy (non-hydrogen) atoms. The highest BCUT2D eigenvalue weighted by Gasteiger charge is 2.42. The van der Waals surface area contributed by atoms with Crippen LogP contribution in [0.25, 0.3) is 0 Å². The first kappa shape index (κ1) is 13.3. The molecule has 0 unspecified atom stereocenters. The second kappa shape index (κ2) is 3.89. The van der Waals surface area contributed by atoms with E-state index < -0.39 is 5.69 Å². The Labute approximate surface area is 127 Å².